The summed E-state index contributed by atoms with van der Waals surface area (Å²) < 4.78 is 22.0. The number of hydrogen-bond donors (Lipinski definition) is 0. The highest BCUT2D eigenvalue weighted by atomic mass is 32.2. The molecule has 0 aromatic heterocycles. The molecule has 1 fully saturated rings. The Balaban J connectivity index is 2.71. The first-order chi connectivity index (χ1) is 5.05. The van der Waals surface area contributed by atoms with Gasteiger partial charge in [-0.25, -0.2) is 8.42 Å². The molecule has 1 atom stereocenters. The van der Waals surface area contributed by atoms with Crippen molar-refractivity contribution in [3.8, 4) is 6.19 Å². The molecular weight excluding hydrogens is 164 g/mol. The third-order valence-corrected chi connectivity index (χ3v) is 3.59. The van der Waals surface area contributed by atoms with Crippen LogP contribution in [0.5, 0.6) is 0 Å². The summed E-state index contributed by atoms with van der Waals surface area (Å²) in [6.07, 6.45) is 1.96. The van der Waals surface area contributed by atoms with E-state index in [1.807, 2.05) is 6.19 Å². The Hall–Kier alpha value is -0.760. The van der Waals surface area contributed by atoms with Crippen molar-refractivity contribution in [1.82, 2.24) is 4.90 Å². The lowest BCUT2D eigenvalue weighted by atomic mass is 10.3. The lowest BCUT2D eigenvalue weighted by Crippen LogP contribution is -2.43. The van der Waals surface area contributed by atoms with Crippen LogP contribution in [0.2, 0.25) is 0 Å². The molecule has 0 radical (unpaired) electrons. The maximum Gasteiger partial charge on any atom is 0.179 e. The molecule has 1 heterocycles. The smallest absolute Gasteiger partial charge is 0.179 e. The van der Waals surface area contributed by atoms with Gasteiger partial charge in [-0.05, 0) is 6.92 Å². The molecular formula is C6H10N2O2S. The molecule has 0 spiro atoms. The Morgan fingerprint density at radius 3 is 2.73 bits per heavy atom. The zero-order valence-corrected chi connectivity index (χ0v) is 7.13. The fourth-order valence-electron chi connectivity index (χ4n) is 1.15. The van der Waals surface area contributed by atoms with E-state index in [1.54, 1.807) is 6.92 Å². The van der Waals surface area contributed by atoms with Crippen molar-refractivity contribution in [2.45, 2.75) is 13.0 Å². The van der Waals surface area contributed by atoms with E-state index in [-0.39, 0.29) is 17.5 Å². The standard InChI is InChI=1S/C6H10N2O2S/c1-6-4-11(9,10)3-2-8(6)5-7/h6H,2-4H2,1H3. The van der Waals surface area contributed by atoms with E-state index in [1.165, 1.54) is 4.90 Å². The first-order valence-electron chi connectivity index (χ1n) is 3.42. The topological polar surface area (TPSA) is 61.2 Å². The summed E-state index contributed by atoms with van der Waals surface area (Å²) in [6.45, 7) is 2.10. The molecule has 1 aliphatic rings. The van der Waals surface area contributed by atoms with Gasteiger partial charge in [-0.3, -0.25) is 0 Å². The van der Waals surface area contributed by atoms with Gasteiger partial charge in [0.25, 0.3) is 0 Å². The Morgan fingerprint density at radius 1 is 1.64 bits per heavy atom. The summed E-state index contributed by atoms with van der Waals surface area (Å²) >= 11 is 0. The monoisotopic (exact) mass is 174 g/mol. The van der Waals surface area contributed by atoms with E-state index in [0.717, 1.165) is 0 Å². The molecule has 11 heavy (non-hydrogen) atoms. The van der Waals surface area contributed by atoms with Crippen LogP contribution >= 0.6 is 0 Å². The number of hydrogen-bond acceptors (Lipinski definition) is 4. The van der Waals surface area contributed by atoms with Crippen molar-refractivity contribution < 1.29 is 8.42 Å². The highest BCUT2D eigenvalue weighted by molar-refractivity contribution is 7.91. The summed E-state index contributed by atoms with van der Waals surface area (Å²) in [5.41, 5.74) is 0. The van der Waals surface area contributed by atoms with E-state index in [2.05, 4.69) is 0 Å². The Morgan fingerprint density at radius 2 is 2.27 bits per heavy atom. The normalized spacial score (nSPS) is 29.5. The lowest BCUT2D eigenvalue weighted by Gasteiger charge is -2.27. The van der Waals surface area contributed by atoms with Gasteiger partial charge in [0.15, 0.2) is 16.0 Å². The molecule has 5 heteroatoms. The van der Waals surface area contributed by atoms with E-state index < -0.39 is 9.84 Å². The van der Waals surface area contributed by atoms with Crippen LogP contribution in [0, 0.1) is 11.5 Å². The highest BCUT2D eigenvalue weighted by Gasteiger charge is 2.26. The molecule has 0 aromatic rings. The predicted octanol–water partition coefficient (Wildman–Crippen LogP) is -0.414. The number of sulfone groups is 1. The van der Waals surface area contributed by atoms with Gasteiger partial charge in [-0.1, -0.05) is 0 Å². The second kappa shape index (κ2) is 2.70. The molecule has 1 unspecified atom stereocenters. The minimum atomic E-state index is -2.87. The zero-order chi connectivity index (χ0) is 8.48. The molecule has 1 rings (SSSR count). The number of nitrogens with zero attached hydrogens (tertiary/aromatic N) is 2. The first kappa shape index (κ1) is 8.34. The second-order valence-electron chi connectivity index (χ2n) is 2.76. The molecule has 62 valence electrons. The van der Waals surface area contributed by atoms with Crippen LogP contribution in [0.4, 0.5) is 0 Å². The van der Waals surface area contributed by atoms with Gasteiger partial charge in [-0.15, -0.1) is 0 Å². The Labute approximate surface area is 66.3 Å². The van der Waals surface area contributed by atoms with Crippen LogP contribution in [0.25, 0.3) is 0 Å². The average molecular weight is 174 g/mol. The molecule has 0 aliphatic carbocycles. The first-order valence-corrected chi connectivity index (χ1v) is 5.24. The summed E-state index contributed by atoms with van der Waals surface area (Å²) in [5, 5.41) is 8.51. The van der Waals surface area contributed by atoms with Crippen molar-refractivity contribution >= 4 is 9.84 Å². The molecule has 1 saturated heterocycles. The van der Waals surface area contributed by atoms with Crippen LogP contribution in [0.15, 0.2) is 0 Å². The van der Waals surface area contributed by atoms with Gasteiger partial charge in [0, 0.05) is 6.54 Å². The van der Waals surface area contributed by atoms with Crippen LogP contribution < -0.4 is 0 Å². The van der Waals surface area contributed by atoms with E-state index in [4.69, 9.17) is 5.26 Å². The van der Waals surface area contributed by atoms with Gasteiger partial charge in [0.2, 0.25) is 0 Å². The molecule has 0 saturated carbocycles. The molecule has 0 bridgehead atoms. The SMILES string of the molecule is CC1CS(=O)(=O)CCN1C#N. The van der Waals surface area contributed by atoms with Gasteiger partial charge in [0.1, 0.15) is 0 Å². The maximum absolute atomic E-state index is 11.0. The number of rotatable bonds is 0. The van der Waals surface area contributed by atoms with Crippen molar-refractivity contribution in [1.29, 1.82) is 5.26 Å². The average Bonchev–Trinajstić information content (AvgIpc) is 1.86. The van der Waals surface area contributed by atoms with Crippen LogP contribution in [-0.2, 0) is 9.84 Å². The van der Waals surface area contributed by atoms with Gasteiger partial charge in [-0.2, -0.15) is 5.26 Å². The molecule has 0 aromatic carbocycles. The zero-order valence-electron chi connectivity index (χ0n) is 6.32. The predicted molar refractivity (Wildman–Crippen MR) is 40.4 cm³/mol. The largest absolute Gasteiger partial charge is 0.306 e. The Kier molecular flexibility index (Phi) is 2.05. The maximum atomic E-state index is 11.0. The fraction of sp³-hybridized carbons (Fsp3) is 0.833. The lowest BCUT2D eigenvalue weighted by molar-refractivity contribution is 0.330. The third kappa shape index (κ3) is 1.84. The van der Waals surface area contributed by atoms with E-state index in [0.29, 0.717) is 6.54 Å². The van der Waals surface area contributed by atoms with Crippen LogP contribution in [0.3, 0.4) is 0 Å². The molecule has 1 aliphatic heterocycles. The molecule has 0 N–H and O–H groups in total. The quantitative estimate of drug-likeness (QED) is 0.468. The third-order valence-electron chi connectivity index (χ3n) is 1.80. The van der Waals surface area contributed by atoms with Crippen LogP contribution in [0.1, 0.15) is 6.92 Å². The minimum absolute atomic E-state index is 0.112. The Bertz CT molecular complexity index is 277. The van der Waals surface area contributed by atoms with E-state index in [9.17, 15) is 8.42 Å². The van der Waals surface area contributed by atoms with Crippen molar-refractivity contribution in [3.63, 3.8) is 0 Å². The highest BCUT2D eigenvalue weighted by Crippen LogP contribution is 2.09. The second-order valence-corrected chi connectivity index (χ2v) is 4.99. The van der Waals surface area contributed by atoms with Gasteiger partial charge >= 0.3 is 0 Å². The van der Waals surface area contributed by atoms with Crippen molar-refractivity contribution in [3.05, 3.63) is 0 Å². The van der Waals surface area contributed by atoms with Crippen LogP contribution in [-0.4, -0.2) is 37.4 Å². The van der Waals surface area contributed by atoms with Crippen molar-refractivity contribution in [2.24, 2.45) is 0 Å². The van der Waals surface area contributed by atoms with E-state index >= 15 is 0 Å². The fourth-order valence-corrected chi connectivity index (χ4v) is 2.70. The summed E-state index contributed by atoms with van der Waals surface area (Å²) in [5.74, 6) is 0.228. The van der Waals surface area contributed by atoms with Gasteiger partial charge < -0.3 is 4.90 Å². The minimum Gasteiger partial charge on any atom is -0.306 e. The van der Waals surface area contributed by atoms with Crippen molar-refractivity contribution in [2.75, 3.05) is 18.1 Å². The summed E-state index contributed by atoms with van der Waals surface area (Å²) in [6, 6.07) is -0.154. The number of nitriles is 1. The summed E-state index contributed by atoms with van der Waals surface area (Å²) in [4.78, 5) is 1.50. The molecule has 4 nitrogen and oxygen atoms in total. The van der Waals surface area contributed by atoms with Gasteiger partial charge in [0.05, 0.1) is 17.5 Å². The summed E-state index contributed by atoms with van der Waals surface area (Å²) in [7, 11) is -2.87. The molecule has 0 amide bonds.